The fourth-order valence-corrected chi connectivity index (χ4v) is 1.54. The number of allylic oxidation sites excluding steroid dienone is 2. The number of esters is 2. The smallest absolute Gasteiger partial charge is 0.462 e. The maximum absolute atomic E-state index is 11.5. The van der Waals surface area contributed by atoms with E-state index in [0.717, 1.165) is 5.57 Å². The first-order chi connectivity index (χ1) is 8.49. The maximum atomic E-state index is 11.5. The average Bonchev–Trinajstić information content (AvgIpc) is 2.78. The van der Waals surface area contributed by atoms with Crippen molar-refractivity contribution in [1.29, 1.82) is 0 Å². The zero-order valence-electron chi connectivity index (χ0n) is 11.0. The normalized spacial score (nSPS) is 22.6. The first-order valence-electron chi connectivity index (χ1n) is 5.59. The lowest BCUT2D eigenvalue weighted by Crippen LogP contribution is -2.38. The van der Waals surface area contributed by atoms with Crippen LogP contribution < -0.4 is 0 Å². The molecule has 0 radical (unpaired) electrons. The van der Waals surface area contributed by atoms with Gasteiger partial charge in [-0.3, -0.25) is 0 Å². The zero-order chi connectivity index (χ0) is 13.7. The number of hydrogen-bond acceptors (Lipinski definition) is 6. The Morgan fingerprint density at radius 2 is 1.56 bits per heavy atom. The highest BCUT2D eigenvalue weighted by Crippen LogP contribution is 2.22. The highest BCUT2D eigenvalue weighted by Gasteiger charge is 2.48. The molecule has 7 heteroatoms. The Balaban J connectivity index is 2.73. The van der Waals surface area contributed by atoms with Gasteiger partial charge in [-0.1, -0.05) is 11.6 Å². The summed E-state index contributed by atoms with van der Waals surface area (Å²) in [6.07, 6.45) is 0.221. The minimum atomic E-state index is -1.07. The van der Waals surface area contributed by atoms with Crippen LogP contribution in [0.25, 0.3) is 0 Å². The van der Waals surface area contributed by atoms with Gasteiger partial charge in [0.15, 0.2) is 12.2 Å². The van der Waals surface area contributed by atoms with E-state index in [0.29, 0.717) is 6.32 Å². The minimum absolute atomic E-state index is 0.462. The number of carbonyl (C=O) groups is 2. The van der Waals surface area contributed by atoms with E-state index < -0.39 is 31.3 Å². The van der Waals surface area contributed by atoms with Crippen LogP contribution in [-0.2, 0) is 28.4 Å². The summed E-state index contributed by atoms with van der Waals surface area (Å²) in [4.78, 5) is 23.0. The summed E-state index contributed by atoms with van der Waals surface area (Å²) in [5.41, 5.74) is 1.10. The molecule has 0 bridgehead atoms. The SMILES string of the molecule is COC(=O)[C@@H]1OB(CC=C(C)C)O[C@H]1C(=O)OC. The van der Waals surface area contributed by atoms with Gasteiger partial charge in [-0.25, -0.2) is 9.59 Å². The number of methoxy groups -OCH3 is 2. The van der Waals surface area contributed by atoms with E-state index in [1.807, 2.05) is 19.9 Å². The van der Waals surface area contributed by atoms with Crippen molar-refractivity contribution in [2.45, 2.75) is 32.4 Å². The van der Waals surface area contributed by atoms with Crippen LogP contribution in [-0.4, -0.2) is 45.5 Å². The molecule has 2 atom stereocenters. The van der Waals surface area contributed by atoms with Crippen molar-refractivity contribution >= 4 is 19.1 Å². The molecule has 0 aliphatic carbocycles. The molecular formula is C11H17BO6. The van der Waals surface area contributed by atoms with E-state index in [1.165, 1.54) is 14.2 Å². The third-order valence-corrected chi connectivity index (χ3v) is 2.46. The largest absolute Gasteiger partial charge is 0.467 e. The quantitative estimate of drug-likeness (QED) is 0.416. The van der Waals surface area contributed by atoms with E-state index in [1.54, 1.807) is 0 Å². The van der Waals surface area contributed by atoms with Crippen molar-refractivity contribution < 1.29 is 28.4 Å². The lowest BCUT2D eigenvalue weighted by atomic mass is 9.84. The second-order valence-corrected chi connectivity index (χ2v) is 4.11. The Morgan fingerprint density at radius 3 is 1.89 bits per heavy atom. The Kier molecular flexibility index (Phi) is 5.36. The Bertz CT molecular complexity index is 325. The van der Waals surface area contributed by atoms with Crippen LogP contribution >= 0.6 is 0 Å². The molecule has 0 amide bonds. The summed E-state index contributed by atoms with van der Waals surface area (Å²) in [6.45, 7) is 3.87. The molecule has 1 heterocycles. The topological polar surface area (TPSA) is 71.1 Å². The summed E-state index contributed by atoms with van der Waals surface area (Å²) in [6, 6.07) is 0. The van der Waals surface area contributed by atoms with Crippen LogP contribution in [0.3, 0.4) is 0 Å². The monoisotopic (exact) mass is 256 g/mol. The molecule has 0 saturated carbocycles. The van der Waals surface area contributed by atoms with Gasteiger partial charge in [0.2, 0.25) is 0 Å². The van der Waals surface area contributed by atoms with Gasteiger partial charge in [0, 0.05) is 6.32 Å². The van der Waals surface area contributed by atoms with Crippen molar-refractivity contribution in [1.82, 2.24) is 0 Å². The van der Waals surface area contributed by atoms with E-state index in [-0.39, 0.29) is 0 Å². The summed E-state index contributed by atoms with van der Waals surface area (Å²) in [5.74, 6) is -1.30. The molecule has 100 valence electrons. The third kappa shape index (κ3) is 3.58. The standard InChI is InChI=1S/C11H17BO6/c1-7(2)5-6-12-17-8(10(13)15-3)9(18-12)11(14)16-4/h5,8-9H,6H2,1-4H3/t8-,9-/m1/s1. The van der Waals surface area contributed by atoms with Crippen LogP contribution in [0, 0.1) is 0 Å². The van der Waals surface area contributed by atoms with Gasteiger partial charge in [0.1, 0.15) is 0 Å². The summed E-state index contributed by atoms with van der Waals surface area (Å²) < 4.78 is 19.8. The number of ether oxygens (including phenoxy) is 2. The lowest BCUT2D eigenvalue weighted by molar-refractivity contribution is -0.160. The van der Waals surface area contributed by atoms with E-state index in [2.05, 4.69) is 9.47 Å². The summed E-state index contributed by atoms with van der Waals surface area (Å²) in [5, 5.41) is 0. The lowest BCUT2D eigenvalue weighted by Gasteiger charge is -2.13. The van der Waals surface area contributed by atoms with Crippen LogP contribution in [0.1, 0.15) is 13.8 Å². The van der Waals surface area contributed by atoms with Crippen molar-refractivity contribution in [3.8, 4) is 0 Å². The van der Waals surface area contributed by atoms with Crippen molar-refractivity contribution in [3.05, 3.63) is 11.6 Å². The van der Waals surface area contributed by atoms with Crippen LogP contribution in [0.5, 0.6) is 0 Å². The molecule has 0 unspecified atom stereocenters. The van der Waals surface area contributed by atoms with E-state index in [4.69, 9.17) is 9.31 Å². The molecule has 1 aliphatic heterocycles. The molecule has 1 rings (SSSR count). The molecule has 0 N–H and O–H groups in total. The zero-order valence-corrected chi connectivity index (χ0v) is 11.0. The second-order valence-electron chi connectivity index (χ2n) is 4.11. The van der Waals surface area contributed by atoms with Gasteiger partial charge in [-0.2, -0.15) is 0 Å². The highest BCUT2D eigenvalue weighted by atomic mass is 16.7. The fourth-order valence-electron chi connectivity index (χ4n) is 1.54. The van der Waals surface area contributed by atoms with Gasteiger partial charge >= 0.3 is 19.1 Å². The predicted molar refractivity (Wildman–Crippen MR) is 63.8 cm³/mol. The first kappa shape index (κ1) is 14.7. The van der Waals surface area contributed by atoms with Gasteiger partial charge in [-0.15, -0.1) is 0 Å². The fraction of sp³-hybridized carbons (Fsp3) is 0.636. The molecule has 1 fully saturated rings. The Hall–Kier alpha value is -1.34. The average molecular weight is 256 g/mol. The van der Waals surface area contributed by atoms with Gasteiger partial charge in [0.25, 0.3) is 0 Å². The van der Waals surface area contributed by atoms with Crippen molar-refractivity contribution in [2.75, 3.05) is 14.2 Å². The number of rotatable bonds is 4. The molecule has 0 aromatic rings. The van der Waals surface area contributed by atoms with Crippen LogP contribution in [0.2, 0.25) is 6.32 Å². The summed E-state index contributed by atoms with van der Waals surface area (Å²) in [7, 11) is 1.81. The van der Waals surface area contributed by atoms with Crippen molar-refractivity contribution in [3.63, 3.8) is 0 Å². The van der Waals surface area contributed by atoms with Gasteiger partial charge in [-0.05, 0) is 13.8 Å². The molecular weight excluding hydrogens is 239 g/mol. The molecule has 1 saturated heterocycles. The third-order valence-electron chi connectivity index (χ3n) is 2.46. The minimum Gasteiger partial charge on any atom is -0.467 e. The first-order valence-corrected chi connectivity index (χ1v) is 5.59. The van der Waals surface area contributed by atoms with Crippen molar-refractivity contribution in [2.24, 2.45) is 0 Å². The van der Waals surface area contributed by atoms with E-state index in [9.17, 15) is 9.59 Å². The molecule has 0 aromatic carbocycles. The number of hydrogen-bond donors (Lipinski definition) is 0. The van der Waals surface area contributed by atoms with Crippen LogP contribution in [0.4, 0.5) is 0 Å². The van der Waals surface area contributed by atoms with Gasteiger partial charge in [0.05, 0.1) is 14.2 Å². The van der Waals surface area contributed by atoms with Gasteiger partial charge < -0.3 is 18.8 Å². The predicted octanol–water partition coefficient (Wildman–Crippen LogP) is 0.571. The molecule has 1 aliphatic rings. The maximum Gasteiger partial charge on any atom is 0.462 e. The second kappa shape index (κ2) is 6.56. The molecule has 0 spiro atoms. The van der Waals surface area contributed by atoms with E-state index >= 15 is 0 Å². The Labute approximate surface area is 106 Å². The molecule has 6 nitrogen and oxygen atoms in total. The molecule has 0 aromatic heterocycles. The van der Waals surface area contributed by atoms with Crippen LogP contribution in [0.15, 0.2) is 11.6 Å². The highest BCUT2D eigenvalue weighted by molar-refractivity contribution is 6.46. The molecule has 18 heavy (non-hydrogen) atoms. The summed E-state index contributed by atoms with van der Waals surface area (Å²) >= 11 is 0. The number of carbonyl (C=O) groups excluding carboxylic acids is 2. The Morgan fingerprint density at radius 1 is 1.11 bits per heavy atom.